The number of hydrogen-bond donors (Lipinski definition) is 2. The third-order valence-corrected chi connectivity index (χ3v) is 5.73. The van der Waals surface area contributed by atoms with Crippen molar-refractivity contribution in [1.29, 1.82) is 0 Å². The van der Waals surface area contributed by atoms with Gasteiger partial charge < -0.3 is 15.0 Å². The van der Waals surface area contributed by atoms with Gasteiger partial charge in [-0.1, -0.05) is 18.2 Å². The average Bonchev–Trinajstić information content (AvgIpc) is 2.98. The van der Waals surface area contributed by atoms with E-state index in [-0.39, 0.29) is 12.1 Å². The Bertz CT molecular complexity index is 740. The van der Waals surface area contributed by atoms with Gasteiger partial charge in [0.25, 0.3) is 0 Å². The van der Waals surface area contributed by atoms with E-state index in [2.05, 4.69) is 26.7 Å². The molecule has 152 valence electrons. The number of amides is 2. The minimum absolute atomic E-state index is 0.0310. The zero-order chi connectivity index (χ0) is 20.3. The van der Waals surface area contributed by atoms with Gasteiger partial charge in [-0.2, -0.15) is 0 Å². The molecule has 1 aromatic carbocycles. The van der Waals surface area contributed by atoms with Crippen LogP contribution in [0, 0.1) is 5.92 Å². The molecule has 1 saturated heterocycles. The fraction of sp³-hybridized carbons (Fsp3) is 0.500. The van der Waals surface area contributed by atoms with Crippen molar-refractivity contribution in [1.82, 2.24) is 15.6 Å². The Kier molecular flexibility index (Phi) is 6.30. The van der Waals surface area contributed by atoms with E-state index in [9.17, 15) is 9.59 Å². The third kappa shape index (κ3) is 4.67. The highest BCUT2D eigenvalue weighted by Crippen LogP contribution is 2.35. The van der Waals surface area contributed by atoms with Gasteiger partial charge in [0.15, 0.2) is 0 Å². The van der Waals surface area contributed by atoms with Crippen LogP contribution < -0.4 is 15.8 Å². The lowest BCUT2D eigenvalue weighted by molar-refractivity contribution is -0.109. The van der Waals surface area contributed by atoms with Crippen LogP contribution in [0.25, 0.3) is 0 Å². The molecule has 8 heteroatoms. The molecule has 1 aromatic rings. The molecule has 1 atom stereocenters. The maximum atomic E-state index is 12.3. The minimum Gasteiger partial charge on any atom is -0.444 e. The molecule has 2 aliphatic heterocycles. The van der Waals surface area contributed by atoms with Gasteiger partial charge >= 0.3 is 6.09 Å². The fourth-order valence-electron chi connectivity index (χ4n) is 3.54. The third-order valence-electron chi connectivity index (χ3n) is 4.86. The predicted molar refractivity (Wildman–Crippen MR) is 112 cm³/mol. The quantitative estimate of drug-likeness (QED) is 0.688. The minimum atomic E-state index is -0.488. The molecule has 0 aromatic heterocycles. The standard InChI is InChI=1S/C20H27BrN4O3/c1-20(2,3)28-19(27)24-11-9-14(10-12-24)17-16(21)18(22-13-26)25(23-17)15-7-5-4-6-8-15/h4-8,13-14,17,23H,9-12H2,1-3H3,(H,22,26). The van der Waals surface area contributed by atoms with Crippen LogP contribution >= 0.6 is 15.9 Å². The molecule has 2 N–H and O–H groups in total. The number of halogens is 1. The summed E-state index contributed by atoms with van der Waals surface area (Å²) >= 11 is 3.68. The summed E-state index contributed by atoms with van der Waals surface area (Å²) in [6, 6.07) is 9.85. The van der Waals surface area contributed by atoms with Gasteiger partial charge in [-0.15, -0.1) is 0 Å². The Hall–Kier alpha value is -2.06. The molecule has 2 heterocycles. The van der Waals surface area contributed by atoms with Crippen LogP contribution in [0.5, 0.6) is 0 Å². The topological polar surface area (TPSA) is 73.9 Å². The number of anilines is 1. The van der Waals surface area contributed by atoms with Gasteiger partial charge in [0.2, 0.25) is 6.41 Å². The number of carbonyl (C=O) groups excluding carboxylic acids is 2. The number of likely N-dealkylation sites (tertiary alicyclic amines) is 1. The summed E-state index contributed by atoms with van der Waals surface area (Å²) in [5.74, 6) is 1.02. The summed E-state index contributed by atoms with van der Waals surface area (Å²) in [6.07, 6.45) is 2.13. The molecule has 0 radical (unpaired) electrons. The van der Waals surface area contributed by atoms with Crippen molar-refractivity contribution >= 4 is 34.1 Å². The summed E-state index contributed by atoms with van der Waals surface area (Å²) in [5, 5.41) is 4.69. The van der Waals surface area contributed by atoms with Gasteiger partial charge in [0.05, 0.1) is 16.2 Å². The van der Waals surface area contributed by atoms with Gasteiger partial charge in [-0.3, -0.25) is 9.80 Å². The van der Waals surface area contributed by atoms with Crippen molar-refractivity contribution in [2.24, 2.45) is 5.92 Å². The molecule has 28 heavy (non-hydrogen) atoms. The lowest BCUT2D eigenvalue weighted by Crippen LogP contribution is -2.48. The largest absolute Gasteiger partial charge is 0.444 e. The lowest BCUT2D eigenvalue weighted by atomic mass is 9.90. The van der Waals surface area contributed by atoms with E-state index in [4.69, 9.17) is 4.74 Å². The lowest BCUT2D eigenvalue weighted by Gasteiger charge is -2.36. The monoisotopic (exact) mass is 450 g/mol. The van der Waals surface area contributed by atoms with Gasteiger partial charge in [0.1, 0.15) is 11.4 Å². The van der Waals surface area contributed by atoms with E-state index in [0.717, 1.165) is 23.0 Å². The molecule has 2 amide bonds. The Labute approximate surface area is 174 Å². The second kappa shape index (κ2) is 8.53. The first kappa shape index (κ1) is 20.7. The van der Waals surface area contributed by atoms with Gasteiger partial charge in [-0.05, 0) is 67.6 Å². The average molecular weight is 451 g/mol. The second-order valence-corrected chi connectivity index (χ2v) is 8.90. The predicted octanol–water partition coefficient (Wildman–Crippen LogP) is 3.34. The number of piperidine rings is 1. The Balaban J connectivity index is 1.68. The molecular weight excluding hydrogens is 424 g/mol. The van der Waals surface area contributed by atoms with Crippen molar-refractivity contribution < 1.29 is 14.3 Å². The molecule has 0 saturated carbocycles. The Morgan fingerprint density at radius 1 is 1.25 bits per heavy atom. The first-order valence-corrected chi connectivity index (χ1v) is 10.3. The summed E-state index contributed by atoms with van der Waals surface area (Å²) in [5.41, 5.74) is 3.95. The highest BCUT2D eigenvalue weighted by Gasteiger charge is 2.38. The number of benzene rings is 1. The van der Waals surface area contributed by atoms with Crippen molar-refractivity contribution in [3.05, 3.63) is 40.6 Å². The number of hydrazine groups is 1. The van der Waals surface area contributed by atoms with Crippen LogP contribution in [0.2, 0.25) is 0 Å². The molecule has 2 aliphatic rings. The maximum Gasteiger partial charge on any atom is 0.410 e. The zero-order valence-corrected chi connectivity index (χ0v) is 18.0. The highest BCUT2D eigenvalue weighted by atomic mass is 79.9. The van der Waals surface area contributed by atoms with Gasteiger partial charge in [-0.25, -0.2) is 10.2 Å². The number of nitrogens with one attached hydrogen (secondary N) is 2. The van der Waals surface area contributed by atoms with E-state index in [1.165, 1.54) is 0 Å². The summed E-state index contributed by atoms with van der Waals surface area (Å²) in [7, 11) is 0. The number of para-hydroxylation sites is 1. The normalized spacial score (nSPS) is 21.1. The first-order valence-electron chi connectivity index (χ1n) is 9.49. The second-order valence-electron chi connectivity index (χ2n) is 8.04. The van der Waals surface area contributed by atoms with E-state index in [1.54, 1.807) is 4.90 Å². The molecule has 1 unspecified atom stereocenters. The molecular formula is C20H27BrN4O3. The Morgan fingerprint density at radius 2 is 1.89 bits per heavy atom. The van der Waals surface area contributed by atoms with Crippen LogP contribution in [0.4, 0.5) is 10.5 Å². The highest BCUT2D eigenvalue weighted by molar-refractivity contribution is 9.11. The van der Waals surface area contributed by atoms with Crippen molar-refractivity contribution in [3.63, 3.8) is 0 Å². The van der Waals surface area contributed by atoms with Crippen LogP contribution in [-0.2, 0) is 9.53 Å². The summed E-state index contributed by atoms with van der Waals surface area (Å²) < 4.78 is 6.39. The molecule has 0 spiro atoms. The maximum absolute atomic E-state index is 12.3. The van der Waals surface area contributed by atoms with E-state index in [1.807, 2.05) is 56.1 Å². The number of rotatable bonds is 4. The van der Waals surface area contributed by atoms with Crippen LogP contribution in [0.3, 0.4) is 0 Å². The zero-order valence-electron chi connectivity index (χ0n) is 16.4. The smallest absolute Gasteiger partial charge is 0.410 e. The van der Waals surface area contributed by atoms with E-state index >= 15 is 0 Å². The molecule has 1 fully saturated rings. The van der Waals surface area contributed by atoms with Crippen molar-refractivity contribution in [3.8, 4) is 0 Å². The number of nitrogens with zero attached hydrogens (tertiary/aromatic N) is 2. The molecule has 7 nitrogen and oxygen atoms in total. The molecule has 0 aliphatic carbocycles. The van der Waals surface area contributed by atoms with Crippen LogP contribution in [0.15, 0.2) is 40.6 Å². The van der Waals surface area contributed by atoms with E-state index < -0.39 is 5.60 Å². The number of ether oxygens (including phenoxy) is 1. The van der Waals surface area contributed by atoms with Crippen LogP contribution in [0.1, 0.15) is 33.6 Å². The Morgan fingerprint density at radius 3 is 2.46 bits per heavy atom. The number of hydrogen-bond acceptors (Lipinski definition) is 5. The summed E-state index contributed by atoms with van der Waals surface area (Å²) in [6.45, 7) is 6.94. The van der Waals surface area contributed by atoms with Crippen molar-refractivity contribution in [2.45, 2.75) is 45.3 Å². The molecule has 3 rings (SSSR count). The van der Waals surface area contributed by atoms with Crippen LogP contribution in [-0.4, -0.2) is 42.1 Å². The fourth-order valence-corrected chi connectivity index (χ4v) is 4.31. The summed E-state index contributed by atoms with van der Waals surface area (Å²) in [4.78, 5) is 25.2. The molecule has 0 bridgehead atoms. The SMILES string of the molecule is CC(C)(C)OC(=O)N1CCC(C2NN(c3ccccc3)C(NC=O)=C2Br)CC1. The van der Waals surface area contributed by atoms with Gasteiger partial charge in [0, 0.05) is 13.1 Å². The number of carbonyl (C=O) groups is 2. The first-order chi connectivity index (χ1) is 13.3. The van der Waals surface area contributed by atoms with Crippen molar-refractivity contribution in [2.75, 3.05) is 18.1 Å². The van der Waals surface area contributed by atoms with E-state index in [0.29, 0.717) is 31.2 Å².